The van der Waals surface area contributed by atoms with Gasteiger partial charge in [0.25, 0.3) is 5.91 Å². The van der Waals surface area contributed by atoms with Crippen LogP contribution in [0.15, 0.2) is 30.3 Å². The molecule has 0 bridgehead atoms. The summed E-state index contributed by atoms with van der Waals surface area (Å²) < 4.78 is 6.41. The van der Waals surface area contributed by atoms with Crippen LogP contribution in [0.25, 0.3) is 10.9 Å². The molecule has 6 heteroatoms. The lowest BCUT2D eigenvalue weighted by molar-refractivity contribution is -0.132. The largest absolute Gasteiger partial charge is 0.484 e. The van der Waals surface area contributed by atoms with Gasteiger partial charge in [-0.3, -0.25) is 4.79 Å². The first-order chi connectivity index (χ1) is 11.4. The molecule has 0 radical (unpaired) electrons. The molecular weight excluding hydrogens is 344 g/mol. The minimum atomic E-state index is -0.0680. The van der Waals surface area contributed by atoms with E-state index >= 15 is 0 Å². The third kappa shape index (κ3) is 3.57. The van der Waals surface area contributed by atoms with Gasteiger partial charge in [-0.25, -0.2) is 0 Å². The highest BCUT2D eigenvalue weighted by Crippen LogP contribution is 2.26. The Labute approximate surface area is 150 Å². The molecule has 0 aliphatic heterocycles. The molecule has 4 nitrogen and oxygen atoms in total. The minimum Gasteiger partial charge on any atom is -0.484 e. The molecule has 24 heavy (non-hydrogen) atoms. The smallest absolute Gasteiger partial charge is 0.260 e. The van der Waals surface area contributed by atoms with Crippen molar-refractivity contribution < 1.29 is 9.53 Å². The second-order valence-corrected chi connectivity index (χ2v) is 7.63. The van der Waals surface area contributed by atoms with Gasteiger partial charge in [-0.05, 0) is 49.7 Å². The lowest BCUT2D eigenvalue weighted by Gasteiger charge is -2.16. The number of H-pyrrole nitrogens is 1. The number of likely N-dealkylation sites (N-methyl/N-ethyl adjacent to an activating group) is 1. The summed E-state index contributed by atoms with van der Waals surface area (Å²) in [6.45, 7) is 4.67. The number of thiophene rings is 1. The molecule has 126 valence electrons. The van der Waals surface area contributed by atoms with E-state index in [0.717, 1.165) is 25.8 Å². The molecule has 1 N–H and O–H groups in total. The van der Waals surface area contributed by atoms with E-state index in [1.165, 1.54) is 16.9 Å². The Morgan fingerprint density at radius 3 is 2.79 bits per heavy atom. The van der Waals surface area contributed by atoms with Crippen LogP contribution in [0.3, 0.4) is 0 Å². The Bertz CT molecular complexity index is 884. The lowest BCUT2D eigenvalue weighted by atomic mass is 10.1. The summed E-state index contributed by atoms with van der Waals surface area (Å²) in [4.78, 5) is 18.3. The number of aromatic amines is 1. The maximum Gasteiger partial charge on any atom is 0.260 e. The molecular formula is C18H19ClN2O2S. The molecule has 2 heterocycles. The Kier molecular flexibility index (Phi) is 4.83. The number of hydrogen-bond donors (Lipinski definition) is 1. The molecule has 0 spiro atoms. The third-order valence-corrected chi connectivity index (χ3v) is 5.31. The number of halogens is 1. The van der Waals surface area contributed by atoms with Crippen LogP contribution in [0.5, 0.6) is 5.75 Å². The number of aromatic nitrogens is 1. The molecule has 0 fully saturated rings. The van der Waals surface area contributed by atoms with Gasteiger partial charge in [-0.15, -0.1) is 11.3 Å². The van der Waals surface area contributed by atoms with Crippen molar-refractivity contribution in [2.75, 3.05) is 13.7 Å². The van der Waals surface area contributed by atoms with Crippen LogP contribution in [0.2, 0.25) is 4.34 Å². The van der Waals surface area contributed by atoms with E-state index in [-0.39, 0.29) is 12.5 Å². The maximum absolute atomic E-state index is 12.2. The second-order valence-electron chi connectivity index (χ2n) is 5.83. The Balaban J connectivity index is 1.62. The average molecular weight is 363 g/mol. The zero-order valence-corrected chi connectivity index (χ0v) is 15.4. The summed E-state index contributed by atoms with van der Waals surface area (Å²) in [5, 5.41) is 1.12. The van der Waals surface area contributed by atoms with Gasteiger partial charge in [0.2, 0.25) is 0 Å². The number of fused-ring (bicyclic) bond motifs is 1. The molecule has 1 amide bonds. The van der Waals surface area contributed by atoms with Gasteiger partial charge in [0.15, 0.2) is 6.61 Å². The molecule has 3 aromatic rings. The van der Waals surface area contributed by atoms with Crippen LogP contribution < -0.4 is 4.74 Å². The number of hydrogen-bond acceptors (Lipinski definition) is 3. The number of ether oxygens (including phenoxy) is 1. The molecule has 2 aromatic heterocycles. The molecule has 0 saturated heterocycles. The first-order valence-electron chi connectivity index (χ1n) is 7.64. The highest BCUT2D eigenvalue weighted by Gasteiger charge is 2.12. The van der Waals surface area contributed by atoms with E-state index in [1.807, 2.05) is 37.3 Å². The zero-order valence-electron chi connectivity index (χ0n) is 13.9. The van der Waals surface area contributed by atoms with Crippen molar-refractivity contribution in [1.82, 2.24) is 9.88 Å². The Hall–Kier alpha value is -1.98. The topological polar surface area (TPSA) is 45.3 Å². The first-order valence-corrected chi connectivity index (χ1v) is 8.83. The molecule has 0 unspecified atom stereocenters. The molecule has 0 aliphatic carbocycles. The van der Waals surface area contributed by atoms with Gasteiger partial charge < -0.3 is 14.6 Å². The van der Waals surface area contributed by atoms with Crippen molar-refractivity contribution in [3.8, 4) is 5.75 Å². The van der Waals surface area contributed by atoms with Crippen molar-refractivity contribution in [3.05, 3.63) is 50.8 Å². The van der Waals surface area contributed by atoms with Gasteiger partial charge in [0.05, 0.1) is 10.9 Å². The fraction of sp³-hybridized carbons (Fsp3) is 0.278. The van der Waals surface area contributed by atoms with Crippen LogP contribution in [0.4, 0.5) is 0 Å². The number of amides is 1. The first kappa shape index (κ1) is 16.9. The molecule has 0 aliphatic rings. The van der Waals surface area contributed by atoms with Crippen molar-refractivity contribution in [3.63, 3.8) is 0 Å². The van der Waals surface area contributed by atoms with Crippen LogP contribution in [-0.2, 0) is 11.3 Å². The number of nitrogens with one attached hydrogen (secondary N) is 1. The van der Waals surface area contributed by atoms with Gasteiger partial charge >= 0.3 is 0 Å². The Morgan fingerprint density at radius 2 is 2.08 bits per heavy atom. The standard InChI is InChI=1S/C18H19ClN2O2S/c1-11-12(2)20-16-6-4-13(8-15(11)16)23-10-18(22)21(3)9-14-5-7-17(19)24-14/h4-8,20H,9-10H2,1-3H3. The summed E-state index contributed by atoms with van der Waals surface area (Å²) in [5.74, 6) is 0.632. The van der Waals surface area contributed by atoms with Crippen molar-refractivity contribution in [2.24, 2.45) is 0 Å². The van der Waals surface area contributed by atoms with E-state index < -0.39 is 0 Å². The number of carbonyl (C=O) groups excluding carboxylic acids is 1. The summed E-state index contributed by atoms with van der Waals surface area (Å²) >= 11 is 7.40. The highest BCUT2D eigenvalue weighted by atomic mass is 35.5. The summed E-state index contributed by atoms with van der Waals surface area (Å²) in [6, 6.07) is 9.60. The van der Waals surface area contributed by atoms with Crippen molar-refractivity contribution in [2.45, 2.75) is 20.4 Å². The molecule has 3 rings (SSSR count). The number of nitrogens with zero attached hydrogens (tertiary/aromatic N) is 1. The van der Waals surface area contributed by atoms with Crippen LogP contribution in [0, 0.1) is 13.8 Å². The van der Waals surface area contributed by atoms with E-state index in [9.17, 15) is 4.79 Å². The number of benzene rings is 1. The van der Waals surface area contributed by atoms with Crippen LogP contribution >= 0.6 is 22.9 Å². The van der Waals surface area contributed by atoms with Gasteiger partial charge in [-0.1, -0.05) is 11.6 Å². The third-order valence-electron chi connectivity index (χ3n) is 4.09. The van der Waals surface area contributed by atoms with Crippen LogP contribution in [0.1, 0.15) is 16.1 Å². The monoisotopic (exact) mass is 362 g/mol. The average Bonchev–Trinajstić information content (AvgIpc) is 3.09. The zero-order chi connectivity index (χ0) is 17.3. The predicted molar refractivity (Wildman–Crippen MR) is 99.1 cm³/mol. The van der Waals surface area contributed by atoms with E-state index in [4.69, 9.17) is 16.3 Å². The fourth-order valence-electron chi connectivity index (χ4n) is 2.54. The van der Waals surface area contributed by atoms with Crippen molar-refractivity contribution in [1.29, 1.82) is 0 Å². The van der Waals surface area contributed by atoms with Crippen LogP contribution in [-0.4, -0.2) is 29.4 Å². The molecule has 0 atom stereocenters. The minimum absolute atomic E-state index is 0.0174. The summed E-state index contributed by atoms with van der Waals surface area (Å²) in [7, 11) is 1.77. The van der Waals surface area contributed by atoms with E-state index in [2.05, 4.69) is 11.9 Å². The van der Waals surface area contributed by atoms with E-state index in [1.54, 1.807) is 11.9 Å². The second kappa shape index (κ2) is 6.87. The number of aryl methyl sites for hydroxylation is 2. The number of rotatable bonds is 5. The van der Waals surface area contributed by atoms with Gasteiger partial charge in [-0.2, -0.15) is 0 Å². The SMILES string of the molecule is Cc1[nH]c2ccc(OCC(=O)N(C)Cc3ccc(Cl)s3)cc2c1C. The molecule has 0 saturated carbocycles. The number of carbonyl (C=O) groups is 1. The maximum atomic E-state index is 12.2. The lowest BCUT2D eigenvalue weighted by Crippen LogP contribution is -2.30. The Morgan fingerprint density at radius 1 is 1.29 bits per heavy atom. The van der Waals surface area contributed by atoms with E-state index in [0.29, 0.717) is 12.3 Å². The quantitative estimate of drug-likeness (QED) is 0.724. The molecule has 1 aromatic carbocycles. The summed E-state index contributed by atoms with van der Waals surface area (Å²) in [5.41, 5.74) is 3.43. The summed E-state index contributed by atoms with van der Waals surface area (Å²) in [6.07, 6.45) is 0. The van der Waals surface area contributed by atoms with Crippen molar-refractivity contribution >= 4 is 39.7 Å². The normalized spacial score (nSPS) is 11.0. The highest BCUT2D eigenvalue weighted by molar-refractivity contribution is 7.16. The fourth-order valence-corrected chi connectivity index (χ4v) is 3.69. The predicted octanol–water partition coefficient (Wildman–Crippen LogP) is 4.54. The van der Waals surface area contributed by atoms with Gasteiger partial charge in [0, 0.05) is 28.5 Å². The van der Waals surface area contributed by atoms with Gasteiger partial charge in [0.1, 0.15) is 5.75 Å².